The smallest absolute Gasteiger partial charge is 0.139 e. The first-order valence-electron chi connectivity index (χ1n) is 6.61. The van der Waals surface area contributed by atoms with Gasteiger partial charge in [-0.15, -0.1) is 0 Å². The third-order valence-electron chi connectivity index (χ3n) is 3.54. The van der Waals surface area contributed by atoms with Crippen molar-refractivity contribution in [3.05, 3.63) is 55.5 Å². The summed E-state index contributed by atoms with van der Waals surface area (Å²) >= 11 is 9.66. The zero-order chi connectivity index (χ0) is 15.7. The molecule has 0 bridgehead atoms. The molecule has 0 aliphatic heterocycles. The summed E-state index contributed by atoms with van der Waals surface area (Å²) in [4.78, 5) is 4.49. The van der Waals surface area contributed by atoms with Gasteiger partial charge in [-0.1, -0.05) is 29.3 Å². The van der Waals surface area contributed by atoms with Crippen molar-refractivity contribution in [3.8, 4) is 5.75 Å². The molecule has 0 saturated carbocycles. The molecule has 0 aliphatic rings. The second-order valence-electron chi connectivity index (χ2n) is 5.19. The standard InChI is InChI=1S/C17H17BrClNO/c1-9-5-6-14(10(2)7-9)20-8-13-11(3)16(19)12(4)15(18)17(13)21/h5-8,21H,1-4H3. The average molecular weight is 367 g/mol. The van der Waals surface area contributed by atoms with Crippen molar-refractivity contribution in [2.24, 2.45) is 4.99 Å². The molecule has 0 atom stereocenters. The van der Waals surface area contributed by atoms with E-state index in [1.807, 2.05) is 39.8 Å². The Balaban J connectivity index is 2.51. The van der Waals surface area contributed by atoms with Crippen molar-refractivity contribution in [2.75, 3.05) is 0 Å². The molecule has 0 aromatic heterocycles. The van der Waals surface area contributed by atoms with Gasteiger partial charge in [0.25, 0.3) is 0 Å². The largest absolute Gasteiger partial charge is 0.506 e. The van der Waals surface area contributed by atoms with Crippen molar-refractivity contribution < 1.29 is 5.11 Å². The average Bonchev–Trinajstić information content (AvgIpc) is 2.45. The number of hydrogen-bond acceptors (Lipinski definition) is 2. The van der Waals surface area contributed by atoms with Crippen LogP contribution in [0.5, 0.6) is 5.75 Å². The SMILES string of the molecule is Cc1ccc(N=Cc2c(C)c(Cl)c(C)c(Br)c2O)c(C)c1. The normalized spacial score (nSPS) is 11.3. The van der Waals surface area contributed by atoms with Gasteiger partial charge in [-0.3, -0.25) is 4.99 Å². The number of aromatic hydroxyl groups is 1. The van der Waals surface area contributed by atoms with Gasteiger partial charge in [0, 0.05) is 16.8 Å². The summed E-state index contributed by atoms with van der Waals surface area (Å²) in [6.07, 6.45) is 1.67. The van der Waals surface area contributed by atoms with E-state index >= 15 is 0 Å². The number of hydrogen-bond donors (Lipinski definition) is 1. The lowest BCUT2D eigenvalue weighted by Crippen LogP contribution is -1.94. The van der Waals surface area contributed by atoms with E-state index in [0.29, 0.717) is 15.1 Å². The molecule has 0 heterocycles. The molecule has 2 aromatic carbocycles. The molecule has 0 saturated heterocycles. The van der Waals surface area contributed by atoms with Crippen LogP contribution in [0, 0.1) is 27.7 Å². The predicted molar refractivity (Wildman–Crippen MR) is 93.5 cm³/mol. The highest BCUT2D eigenvalue weighted by atomic mass is 79.9. The molecule has 2 nitrogen and oxygen atoms in total. The van der Waals surface area contributed by atoms with Crippen LogP contribution in [0.4, 0.5) is 5.69 Å². The summed E-state index contributed by atoms with van der Waals surface area (Å²) in [7, 11) is 0. The monoisotopic (exact) mass is 365 g/mol. The van der Waals surface area contributed by atoms with Crippen molar-refractivity contribution in [1.29, 1.82) is 0 Å². The number of halogens is 2. The summed E-state index contributed by atoms with van der Waals surface area (Å²) in [5.41, 5.74) is 5.47. The first-order valence-corrected chi connectivity index (χ1v) is 7.78. The van der Waals surface area contributed by atoms with E-state index in [1.54, 1.807) is 6.21 Å². The third kappa shape index (κ3) is 3.14. The lowest BCUT2D eigenvalue weighted by atomic mass is 10.0. The summed E-state index contributed by atoms with van der Waals surface area (Å²) in [5.74, 6) is 0.169. The number of phenols is 1. The van der Waals surface area contributed by atoms with Crippen LogP contribution in [0.2, 0.25) is 5.02 Å². The minimum Gasteiger partial charge on any atom is -0.506 e. The van der Waals surface area contributed by atoms with Gasteiger partial charge in [-0.2, -0.15) is 0 Å². The topological polar surface area (TPSA) is 32.6 Å². The maximum atomic E-state index is 10.3. The van der Waals surface area contributed by atoms with Crippen molar-refractivity contribution in [2.45, 2.75) is 27.7 Å². The van der Waals surface area contributed by atoms with Crippen LogP contribution >= 0.6 is 27.5 Å². The molecule has 1 N–H and O–H groups in total. The van der Waals surface area contributed by atoms with Gasteiger partial charge in [-0.25, -0.2) is 0 Å². The summed E-state index contributed by atoms with van der Waals surface area (Å²) in [6.45, 7) is 7.81. The highest BCUT2D eigenvalue weighted by Gasteiger charge is 2.15. The van der Waals surface area contributed by atoms with Crippen LogP contribution in [0.25, 0.3) is 0 Å². The molecule has 0 fully saturated rings. The highest BCUT2D eigenvalue weighted by Crippen LogP contribution is 2.38. The zero-order valence-corrected chi connectivity index (χ0v) is 14.8. The molecule has 4 heteroatoms. The quantitative estimate of drug-likeness (QED) is 0.670. The Hall–Kier alpha value is -1.32. The minimum atomic E-state index is 0.169. The summed E-state index contributed by atoms with van der Waals surface area (Å²) in [5, 5.41) is 10.9. The zero-order valence-electron chi connectivity index (χ0n) is 12.5. The van der Waals surface area contributed by atoms with E-state index in [0.717, 1.165) is 22.4 Å². The van der Waals surface area contributed by atoms with Crippen molar-refractivity contribution in [3.63, 3.8) is 0 Å². The van der Waals surface area contributed by atoms with Gasteiger partial charge in [0.05, 0.1) is 10.2 Å². The Bertz CT molecular complexity index is 709. The fraction of sp³-hybridized carbons (Fsp3) is 0.235. The number of phenolic OH excluding ortho intramolecular Hbond substituents is 1. The van der Waals surface area contributed by atoms with E-state index < -0.39 is 0 Å². The first kappa shape index (κ1) is 16.1. The first-order chi connectivity index (χ1) is 9.82. The van der Waals surface area contributed by atoms with Crippen LogP contribution in [-0.4, -0.2) is 11.3 Å². The van der Waals surface area contributed by atoms with E-state index in [9.17, 15) is 5.11 Å². The Kier molecular flexibility index (Phi) is 4.74. The van der Waals surface area contributed by atoms with E-state index in [1.165, 1.54) is 5.56 Å². The van der Waals surface area contributed by atoms with Gasteiger partial charge in [0.1, 0.15) is 5.75 Å². The Morgan fingerprint density at radius 3 is 2.43 bits per heavy atom. The number of rotatable bonds is 2. The second kappa shape index (κ2) is 6.20. The Morgan fingerprint density at radius 2 is 1.81 bits per heavy atom. The van der Waals surface area contributed by atoms with Gasteiger partial charge >= 0.3 is 0 Å². The number of aryl methyl sites for hydroxylation is 2. The Morgan fingerprint density at radius 1 is 1.14 bits per heavy atom. The Labute approximate surface area is 138 Å². The molecular formula is C17H17BrClNO. The number of aliphatic imine (C=N–C) groups is 1. The van der Waals surface area contributed by atoms with Crippen LogP contribution in [0.3, 0.4) is 0 Å². The molecule has 0 amide bonds. The minimum absolute atomic E-state index is 0.169. The van der Waals surface area contributed by atoms with Crippen LogP contribution in [0.15, 0.2) is 27.7 Å². The lowest BCUT2D eigenvalue weighted by Gasteiger charge is -2.12. The third-order valence-corrected chi connectivity index (χ3v) is 5.08. The van der Waals surface area contributed by atoms with Crippen LogP contribution < -0.4 is 0 Å². The van der Waals surface area contributed by atoms with E-state index in [-0.39, 0.29) is 5.75 Å². The molecular weight excluding hydrogens is 350 g/mol. The second-order valence-corrected chi connectivity index (χ2v) is 6.36. The highest BCUT2D eigenvalue weighted by molar-refractivity contribution is 9.10. The van der Waals surface area contributed by atoms with Crippen molar-refractivity contribution >= 4 is 39.4 Å². The number of benzene rings is 2. The maximum Gasteiger partial charge on any atom is 0.139 e. The fourth-order valence-corrected chi connectivity index (χ4v) is 2.93. The van der Waals surface area contributed by atoms with Gasteiger partial charge in [-0.05, 0) is 66.4 Å². The molecule has 2 rings (SSSR count). The van der Waals surface area contributed by atoms with Gasteiger partial charge in [0.2, 0.25) is 0 Å². The lowest BCUT2D eigenvalue weighted by molar-refractivity contribution is 0.470. The molecule has 0 radical (unpaired) electrons. The van der Waals surface area contributed by atoms with Gasteiger partial charge in [0.15, 0.2) is 0 Å². The number of nitrogens with zero attached hydrogens (tertiary/aromatic N) is 1. The van der Waals surface area contributed by atoms with Crippen LogP contribution in [-0.2, 0) is 0 Å². The van der Waals surface area contributed by atoms with E-state index in [2.05, 4.69) is 27.0 Å². The predicted octanol–water partition coefficient (Wildman–Crippen LogP) is 5.79. The van der Waals surface area contributed by atoms with Crippen molar-refractivity contribution in [1.82, 2.24) is 0 Å². The molecule has 21 heavy (non-hydrogen) atoms. The molecule has 2 aromatic rings. The molecule has 0 spiro atoms. The molecule has 0 unspecified atom stereocenters. The molecule has 0 aliphatic carbocycles. The summed E-state index contributed by atoms with van der Waals surface area (Å²) in [6, 6.07) is 6.07. The maximum absolute atomic E-state index is 10.3. The molecule has 110 valence electrons. The fourth-order valence-electron chi connectivity index (χ4n) is 2.21. The summed E-state index contributed by atoms with van der Waals surface area (Å²) < 4.78 is 0.611. The van der Waals surface area contributed by atoms with Gasteiger partial charge < -0.3 is 5.11 Å². The van der Waals surface area contributed by atoms with Crippen LogP contribution in [0.1, 0.15) is 27.8 Å². The van der Waals surface area contributed by atoms with E-state index in [4.69, 9.17) is 11.6 Å².